The zero-order chi connectivity index (χ0) is 15.6. The molecule has 8 nitrogen and oxygen atoms in total. The fraction of sp³-hybridized carbons (Fsp3) is 0.400. The quantitative estimate of drug-likeness (QED) is 0.720. The molecule has 0 saturated carbocycles. The van der Waals surface area contributed by atoms with E-state index in [4.69, 9.17) is 4.74 Å². The molecular formula is C15H17N7O. The second-order valence-electron chi connectivity index (χ2n) is 5.70. The van der Waals surface area contributed by atoms with Crippen molar-refractivity contribution in [3.63, 3.8) is 0 Å². The molecule has 1 aliphatic heterocycles. The summed E-state index contributed by atoms with van der Waals surface area (Å²) in [5, 5.41) is 12.4. The number of nitrogens with zero attached hydrogens (tertiary/aromatic N) is 7. The molecule has 3 aromatic rings. The molecule has 4 heterocycles. The average molecular weight is 311 g/mol. The maximum atomic E-state index is 5.91. The van der Waals surface area contributed by atoms with Crippen LogP contribution in [0.5, 0.6) is 6.01 Å². The first-order chi connectivity index (χ1) is 11.3. The predicted octanol–water partition coefficient (Wildman–Crippen LogP) is 1.27. The van der Waals surface area contributed by atoms with Gasteiger partial charge in [0, 0.05) is 18.9 Å². The van der Waals surface area contributed by atoms with Crippen molar-refractivity contribution in [1.82, 2.24) is 29.8 Å². The Morgan fingerprint density at radius 3 is 2.96 bits per heavy atom. The van der Waals surface area contributed by atoms with Crippen molar-refractivity contribution in [3.8, 4) is 6.01 Å². The molecule has 23 heavy (non-hydrogen) atoms. The van der Waals surface area contributed by atoms with Gasteiger partial charge in [-0.15, -0.1) is 15.3 Å². The molecule has 118 valence electrons. The Morgan fingerprint density at radius 2 is 2.09 bits per heavy atom. The van der Waals surface area contributed by atoms with Crippen LogP contribution in [0.3, 0.4) is 0 Å². The van der Waals surface area contributed by atoms with Gasteiger partial charge in [-0.25, -0.2) is 9.97 Å². The number of rotatable bonds is 3. The van der Waals surface area contributed by atoms with Gasteiger partial charge in [-0.2, -0.15) is 4.52 Å². The van der Waals surface area contributed by atoms with Gasteiger partial charge in [0.15, 0.2) is 5.65 Å². The molecule has 0 amide bonds. The summed E-state index contributed by atoms with van der Waals surface area (Å²) in [6.45, 7) is 3.67. The van der Waals surface area contributed by atoms with Gasteiger partial charge < -0.3 is 9.64 Å². The summed E-state index contributed by atoms with van der Waals surface area (Å²) in [5.41, 5.74) is 1.76. The number of aromatic nitrogens is 6. The van der Waals surface area contributed by atoms with Crippen LogP contribution in [-0.4, -0.2) is 49.0 Å². The molecule has 4 rings (SSSR count). The highest BCUT2D eigenvalue weighted by atomic mass is 16.5. The minimum absolute atomic E-state index is 0.0601. The highest BCUT2D eigenvalue weighted by Crippen LogP contribution is 2.20. The number of ether oxygens (including phenoxy) is 1. The van der Waals surface area contributed by atoms with E-state index in [1.165, 1.54) is 0 Å². The van der Waals surface area contributed by atoms with Gasteiger partial charge in [-0.3, -0.25) is 0 Å². The first-order valence-electron chi connectivity index (χ1n) is 7.65. The summed E-state index contributed by atoms with van der Waals surface area (Å²) in [6, 6.07) is 4.32. The van der Waals surface area contributed by atoms with Crippen molar-refractivity contribution < 1.29 is 4.74 Å². The van der Waals surface area contributed by atoms with Crippen LogP contribution in [-0.2, 0) is 0 Å². The number of fused-ring (bicyclic) bond motifs is 1. The monoisotopic (exact) mass is 311 g/mol. The fourth-order valence-corrected chi connectivity index (χ4v) is 2.72. The maximum absolute atomic E-state index is 5.91. The molecule has 0 bridgehead atoms. The number of hydrogen-bond donors (Lipinski definition) is 0. The molecule has 1 fully saturated rings. The first kappa shape index (κ1) is 13.9. The van der Waals surface area contributed by atoms with E-state index in [9.17, 15) is 0 Å². The van der Waals surface area contributed by atoms with E-state index < -0.39 is 0 Å². The summed E-state index contributed by atoms with van der Waals surface area (Å²) in [6.07, 6.45) is 7.23. The van der Waals surface area contributed by atoms with Gasteiger partial charge in [-0.1, -0.05) is 0 Å². The molecule has 1 aliphatic rings. The Bertz CT molecular complexity index is 801. The fourth-order valence-electron chi connectivity index (χ4n) is 2.72. The minimum Gasteiger partial charge on any atom is -0.458 e. The topological polar surface area (TPSA) is 81.3 Å². The molecule has 3 aromatic heterocycles. The summed E-state index contributed by atoms with van der Waals surface area (Å²) in [4.78, 5) is 10.6. The van der Waals surface area contributed by atoms with Crippen molar-refractivity contribution in [2.24, 2.45) is 0 Å². The van der Waals surface area contributed by atoms with E-state index in [0.29, 0.717) is 6.01 Å². The zero-order valence-corrected chi connectivity index (χ0v) is 12.8. The van der Waals surface area contributed by atoms with E-state index in [-0.39, 0.29) is 6.10 Å². The molecule has 1 atom stereocenters. The van der Waals surface area contributed by atoms with E-state index >= 15 is 0 Å². The predicted molar refractivity (Wildman–Crippen MR) is 83.4 cm³/mol. The number of aryl methyl sites for hydroxylation is 1. The summed E-state index contributed by atoms with van der Waals surface area (Å²) in [7, 11) is 0. The standard InChI is InChI=1S/C15H17N7O/c1-11-7-16-15(17-8-11)23-12-3-2-6-21(9-12)14-5-4-13-19-18-10-22(13)20-14/h4-5,7-8,10,12H,2-3,6,9H2,1H3. The molecule has 1 unspecified atom stereocenters. The van der Waals surface area contributed by atoms with E-state index in [2.05, 4.69) is 30.2 Å². The molecule has 0 spiro atoms. The third kappa shape index (κ3) is 2.92. The molecule has 8 heteroatoms. The second-order valence-corrected chi connectivity index (χ2v) is 5.70. The third-order valence-electron chi connectivity index (χ3n) is 3.88. The Labute approximate surface area is 133 Å². The van der Waals surface area contributed by atoms with Crippen LogP contribution in [0, 0.1) is 6.92 Å². The Hall–Kier alpha value is -2.77. The largest absolute Gasteiger partial charge is 0.458 e. The SMILES string of the molecule is Cc1cnc(OC2CCCN(c3ccc4nncn4n3)C2)nc1. The summed E-state index contributed by atoms with van der Waals surface area (Å²) >= 11 is 0. The average Bonchev–Trinajstić information content (AvgIpc) is 3.05. The van der Waals surface area contributed by atoms with Gasteiger partial charge in [0.05, 0.1) is 6.54 Å². The Kier molecular flexibility index (Phi) is 3.49. The van der Waals surface area contributed by atoms with Crippen molar-refractivity contribution in [1.29, 1.82) is 0 Å². The van der Waals surface area contributed by atoms with Crippen LogP contribution in [0.2, 0.25) is 0 Å². The van der Waals surface area contributed by atoms with Crippen LogP contribution in [0.15, 0.2) is 30.9 Å². The number of piperidine rings is 1. The van der Waals surface area contributed by atoms with Crippen molar-refractivity contribution in [2.75, 3.05) is 18.0 Å². The van der Waals surface area contributed by atoms with Gasteiger partial charge >= 0.3 is 6.01 Å². The minimum atomic E-state index is 0.0601. The van der Waals surface area contributed by atoms with Crippen LogP contribution >= 0.6 is 0 Å². The second kappa shape index (κ2) is 5.79. The lowest BCUT2D eigenvalue weighted by atomic mass is 10.1. The van der Waals surface area contributed by atoms with Gasteiger partial charge in [0.2, 0.25) is 0 Å². The lowest BCUT2D eigenvalue weighted by Crippen LogP contribution is -2.42. The smallest absolute Gasteiger partial charge is 0.316 e. The van der Waals surface area contributed by atoms with Crippen LogP contribution < -0.4 is 9.64 Å². The van der Waals surface area contributed by atoms with E-state index in [1.54, 1.807) is 23.2 Å². The molecular weight excluding hydrogens is 294 g/mol. The molecule has 0 N–H and O–H groups in total. The Balaban J connectivity index is 1.48. The van der Waals surface area contributed by atoms with Crippen LogP contribution in [0.4, 0.5) is 5.82 Å². The molecule has 1 saturated heterocycles. The highest BCUT2D eigenvalue weighted by Gasteiger charge is 2.23. The third-order valence-corrected chi connectivity index (χ3v) is 3.88. The number of anilines is 1. The van der Waals surface area contributed by atoms with Crippen molar-refractivity contribution >= 4 is 11.5 Å². The summed E-state index contributed by atoms with van der Waals surface area (Å²) < 4.78 is 7.59. The van der Waals surface area contributed by atoms with Gasteiger partial charge in [0.25, 0.3) is 0 Å². The summed E-state index contributed by atoms with van der Waals surface area (Å²) in [5.74, 6) is 0.899. The maximum Gasteiger partial charge on any atom is 0.316 e. The molecule has 0 aromatic carbocycles. The van der Waals surface area contributed by atoms with Gasteiger partial charge in [0.1, 0.15) is 18.2 Å². The van der Waals surface area contributed by atoms with Crippen molar-refractivity contribution in [3.05, 3.63) is 36.4 Å². The lowest BCUT2D eigenvalue weighted by Gasteiger charge is -2.32. The number of hydrogen-bond acceptors (Lipinski definition) is 7. The molecule has 0 radical (unpaired) electrons. The van der Waals surface area contributed by atoms with E-state index in [0.717, 1.165) is 43.0 Å². The lowest BCUT2D eigenvalue weighted by molar-refractivity contribution is 0.164. The van der Waals surface area contributed by atoms with E-state index in [1.807, 2.05) is 19.1 Å². The van der Waals surface area contributed by atoms with Crippen LogP contribution in [0.25, 0.3) is 5.65 Å². The first-order valence-corrected chi connectivity index (χ1v) is 7.65. The van der Waals surface area contributed by atoms with Crippen LogP contribution in [0.1, 0.15) is 18.4 Å². The van der Waals surface area contributed by atoms with Gasteiger partial charge in [-0.05, 0) is 37.5 Å². The normalized spacial score (nSPS) is 18.3. The molecule has 0 aliphatic carbocycles. The highest BCUT2D eigenvalue weighted by molar-refractivity contribution is 5.45. The Morgan fingerprint density at radius 1 is 1.22 bits per heavy atom. The van der Waals surface area contributed by atoms with Crippen molar-refractivity contribution in [2.45, 2.75) is 25.9 Å². The zero-order valence-electron chi connectivity index (χ0n) is 12.8.